The standard InChI is InChI=1S/C29H37N5O8/c1-2-41-29(39)34-15-13-33(14-16-34)28(38)22(12-17-40-19-25(35)36)31-27(37)23-18-24(42-21-10-6-7-11-21)32-26(30-23)20-8-4-3-5-9-20/h3-5,8-9,18,21-22H,2,6-7,10-17,19H2,1H3,(H,31,37)(H,35,36). The molecular weight excluding hydrogens is 546 g/mol. The second kappa shape index (κ2) is 15.1. The van der Waals surface area contributed by atoms with Crippen molar-refractivity contribution in [3.63, 3.8) is 0 Å². The lowest BCUT2D eigenvalue weighted by molar-refractivity contribution is -0.142. The minimum atomic E-state index is -1.14. The first kappa shape index (κ1) is 30.7. The van der Waals surface area contributed by atoms with Gasteiger partial charge >= 0.3 is 12.1 Å². The zero-order chi connectivity index (χ0) is 29.9. The molecule has 2 heterocycles. The van der Waals surface area contributed by atoms with Crippen LogP contribution in [0.4, 0.5) is 4.79 Å². The summed E-state index contributed by atoms with van der Waals surface area (Å²) in [7, 11) is 0. The summed E-state index contributed by atoms with van der Waals surface area (Å²) < 4.78 is 16.3. The molecule has 3 amide bonds. The molecule has 226 valence electrons. The van der Waals surface area contributed by atoms with Gasteiger partial charge in [0.25, 0.3) is 5.91 Å². The molecule has 13 nitrogen and oxygen atoms in total. The van der Waals surface area contributed by atoms with Gasteiger partial charge in [0, 0.05) is 44.4 Å². The molecule has 2 aliphatic rings. The average Bonchev–Trinajstić information content (AvgIpc) is 3.51. The van der Waals surface area contributed by atoms with Crippen molar-refractivity contribution in [2.45, 2.75) is 51.2 Å². The van der Waals surface area contributed by atoms with Gasteiger partial charge < -0.3 is 34.4 Å². The van der Waals surface area contributed by atoms with E-state index < -0.39 is 30.6 Å². The minimum absolute atomic E-state index is 0.00780. The third-order valence-electron chi connectivity index (χ3n) is 7.05. The smallest absolute Gasteiger partial charge is 0.409 e. The van der Waals surface area contributed by atoms with Crippen molar-refractivity contribution < 1.29 is 38.5 Å². The predicted octanol–water partition coefficient (Wildman–Crippen LogP) is 2.36. The lowest BCUT2D eigenvalue weighted by Crippen LogP contribution is -2.56. The second-order valence-electron chi connectivity index (χ2n) is 10.1. The van der Waals surface area contributed by atoms with Crippen LogP contribution in [-0.2, 0) is 19.1 Å². The first-order valence-corrected chi connectivity index (χ1v) is 14.3. The van der Waals surface area contributed by atoms with Crippen LogP contribution in [0.15, 0.2) is 36.4 Å². The molecule has 0 radical (unpaired) electrons. The highest BCUT2D eigenvalue weighted by Gasteiger charge is 2.31. The predicted molar refractivity (Wildman–Crippen MR) is 150 cm³/mol. The molecule has 1 atom stereocenters. The lowest BCUT2D eigenvalue weighted by atomic mass is 10.1. The van der Waals surface area contributed by atoms with Crippen LogP contribution < -0.4 is 10.1 Å². The molecule has 2 fully saturated rings. The number of nitrogens with one attached hydrogen (secondary N) is 1. The molecule has 2 N–H and O–H groups in total. The van der Waals surface area contributed by atoms with E-state index in [2.05, 4.69) is 15.3 Å². The van der Waals surface area contributed by atoms with Gasteiger partial charge in [-0.15, -0.1) is 0 Å². The third kappa shape index (κ3) is 8.62. The molecule has 1 aliphatic heterocycles. The van der Waals surface area contributed by atoms with E-state index in [0.717, 1.165) is 25.7 Å². The summed E-state index contributed by atoms with van der Waals surface area (Å²) in [6.45, 7) is 2.47. The molecule has 13 heteroatoms. The fourth-order valence-electron chi connectivity index (χ4n) is 4.89. The number of piperazine rings is 1. The molecule has 1 aromatic heterocycles. The van der Waals surface area contributed by atoms with E-state index >= 15 is 0 Å². The number of amides is 3. The average molecular weight is 584 g/mol. The molecule has 2 aromatic rings. The fourth-order valence-corrected chi connectivity index (χ4v) is 4.89. The monoisotopic (exact) mass is 583 g/mol. The molecule has 1 aliphatic carbocycles. The number of hydrogen-bond acceptors (Lipinski definition) is 9. The van der Waals surface area contributed by atoms with Gasteiger partial charge in [0.1, 0.15) is 24.4 Å². The van der Waals surface area contributed by atoms with Crippen molar-refractivity contribution in [2.24, 2.45) is 0 Å². The Morgan fingerprint density at radius 3 is 2.38 bits per heavy atom. The number of carbonyl (C=O) groups is 4. The van der Waals surface area contributed by atoms with E-state index in [1.54, 1.807) is 11.8 Å². The van der Waals surface area contributed by atoms with E-state index in [1.165, 1.54) is 11.0 Å². The zero-order valence-electron chi connectivity index (χ0n) is 23.7. The van der Waals surface area contributed by atoms with Crippen molar-refractivity contribution in [3.05, 3.63) is 42.1 Å². The Balaban J connectivity index is 1.51. The molecule has 1 unspecified atom stereocenters. The van der Waals surface area contributed by atoms with Crippen LogP contribution in [0.1, 0.15) is 49.5 Å². The van der Waals surface area contributed by atoms with Gasteiger partial charge in [-0.25, -0.2) is 14.6 Å². The Bertz CT molecular complexity index is 1230. The van der Waals surface area contributed by atoms with Crippen LogP contribution in [0.5, 0.6) is 5.88 Å². The van der Waals surface area contributed by atoms with E-state index in [-0.39, 0.29) is 69.4 Å². The lowest BCUT2D eigenvalue weighted by Gasteiger charge is -2.36. The fraction of sp³-hybridized carbons (Fsp3) is 0.517. The van der Waals surface area contributed by atoms with Crippen molar-refractivity contribution in [2.75, 3.05) is 46.0 Å². The van der Waals surface area contributed by atoms with E-state index in [0.29, 0.717) is 11.4 Å². The summed E-state index contributed by atoms with van der Waals surface area (Å²) in [4.78, 5) is 62.1. The van der Waals surface area contributed by atoms with Crippen LogP contribution in [0, 0.1) is 0 Å². The van der Waals surface area contributed by atoms with Crippen molar-refractivity contribution in [1.82, 2.24) is 25.1 Å². The number of aromatic nitrogens is 2. The number of ether oxygens (including phenoxy) is 3. The summed E-state index contributed by atoms with van der Waals surface area (Å²) in [6, 6.07) is 9.67. The van der Waals surface area contributed by atoms with Crippen LogP contribution in [0.25, 0.3) is 11.4 Å². The topological polar surface area (TPSA) is 160 Å². The zero-order valence-corrected chi connectivity index (χ0v) is 23.7. The van der Waals surface area contributed by atoms with Crippen molar-refractivity contribution >= 4 is 23.9 Å². The molecule has 4 rings (SSSR count). The number of carbonyl (C=O) groups excluding carboxylic acids is 3. The normalized spacial score (nSPS) is 16.1. The van der Waals surface area contributed by atoms with E-state index in [9.17, 15) is 19.2 Å². The van der Waals surface area contributed by atoms with E-state index in [1.807, 2.05) is 30.3 Å². The number of carboxylic acid groups (broad SMARTS) is 1. The molecular formula is C29H37N5O8. The number of hydrogen-bond donors (Lipinski definition) is 2. The minimum Gasteiger partial charge on any atom is -0.480 e. The summed E-state index contributed by atoms with van der Waals surface area (Å²) in [6.07, 6.45) is 3.55. The number of benzene rings is 1. The van der Waals surface area contributed by atoms with Gasteiger partial charge in [-0.2, -0.15) is 4.98 Å². The van der Waals surface area contributed by atoms with Gasteiger partial charge in [0.2, 0.25) is 11.8 Å². The third-order valence-corrected chi connectivity index (χ3v) is 7.05. The van der Waals surface area contributed by atoms with Crippen LogP contribution in [-0.4, -0.2) is 107 Å². The van der Waals surface area contributed by atoms with E-state index in [4.69, 9.17) is 19.3 Å². The summed E-state index contributed by atoms with van der Waals surface area (Å²) >= 11 is 0. The Morgan fingerprint density at radius 1 is 1.02 bits per heavy atom. The Kier molecular flexibility index (Phi) is 11.0. The molecule has 1 aromatic carbocycles. The van der Waals surface area contributed by atoms with Gasteiger partial charge in [0.05, 0.1) is 6.61 Å². The molecule has 0 spiro atoms. The highest BCUT2D eigenvalue weighted by atomic mass is 16.6. The Labute approximate surface area is 244 Å². The largest absolute Gasteiger partial charge is 0.480 e. The van der Waals surface area contributed by atoms with Crippen LogP contribution in [0.3, 0.4) is 0 Å². The second-order valence-corrected chi connectivity index (χ2v) is 10.1. The van der Waals surface area contributed by atoms with Crippen LogP contribution in [0.2, 0.25) is 0 Å². The first-order chi connectivity index (χ1) is 20.3. The van der Waals surface area contributed by atoms with Crippen molar-refractivity contribution in [1.29, 1.82) is 0 Å². The van der Waals surface area contributed by atoms with Gasteiger partial charge in [-0.05, 0) is 39.0 Å². The first-order valence-electron chi connectivity index (χ1n) is 14.3. The number of nitrogens with zero attached hydrogens (tertiary/aromatic N) is 4. The van der Waals surface area contributed by atoms with Crippen LogP contribution >= 0.6 is 0 Å². The van der Waals surface area contributed by atoms with Crippen molar-refractivity contribution in [3.8, 4) is 17.3 Å². The maximum atomic E-state index is 13.5. The maximum absolute atomic E-state index is 13.5. The van der Waals surface area contributed by atoms with Gasteiger partial charge in [-0.1, -0.05) is 30.3 Å². The summed E-state index contributed by atoms with van der Waals surface area (Å²) in [5.74, 6) is -1.51. The Morgan fingerprint density at radius 2 is 1.71 bits per heavy atom. The highest BCUT2D eigenvalue weighted by Crippen LogP contribution is 2.25. The number of aliphatic carboxylic acids is 1. The highest BCUT2D eigenvalue weighted by molar-refractivity contribution is 5.96. The SMILES string of the molecule is CCOC(=O)N1CCN(C(=O)C(CCOCC(=O)O)NC(=O)c2cc(OC3CCCC3)nc(-c3ccccc3)n2)CC1. The maximum Gasteiger partial charge on any atom is 0.409 e. The van der Waals surface area contributed by atoms with Gasteiger partial charge in [-0.3, -0.25) is 9.59 Å². The number of carboxylic acids is 1. The molecule has 1 saturated heterocycles. The quantitative estimate of drug-likeness (QED) is 0.355. The summed E-state index contributed by atoms with van der Waals surface area (Å²) in [5, 5.41) is 11.7. The van der Waals surface area contributed by atoms with Gasteiger partial charge in [0.15, 0.2) is 5.82 Å². The summed E-state index contributed by atoms with van der Waals surface area (Å²) in [5.41, 5.74) is 0.742. The molecule has 0 bridgehead atoms. The molecule has 42 heavy (non-hydrogen) atoms. The molecule has 1 saturated carbocycles. The number of rotatable bonds is 12. The Hall–Kier alpha value is -4.26.